The van der Waals surface area contributed by atoms with Gasteiger partial charge < -0.3 is 10.6 Å². The lowest BCUT2D eigenvalue weighted by atomic mass is 9.93. The maximum absolute atomic E-state index is 13.3. The molecule has 1 atom stereocenters. The minimum Gasteiger partial charge on any atom is -0.373 e. The number of nitrogens with one attached hydrogen (secondary N) is 2. The lowest BCUT2D eigenvalue weighted by Gasteiger charge is -2.14. The van der Waals surface area contributed by atoms with E-state index in [1.165, 1.54) is 18.3 Å². The van der Waals surface area contributed by atoms with Crippen LogP contribution in [-0.2, 0) is 6.54 Å². The number of nitriles is 1. The summed E-state index contributed by atoms with van der Waals surface area (Å²) in [5, 5.41) is 15.6. The second kappa shape index (κ2) is 11.2. The van der Waals surface area contributed by atoms with E-state index in [1.54, 1.807) is 18.2 Å². The van der Waals surface area contributed by atoms with E-state index in [0.29, 0.717) is 23.5 Å². The number of ketones is 1. The molecule has 0 bridgehead atoms. The number of nitrogens with zero attached hydrogens (tertiary/aromatic N) is 3. The van der Waals surface area contributed by atoms with Crippen molar-refractivity contribution in [1.82, 2.24) is 9.97 Å². The van der Waals surface area contributed by atoms with Crippen LogP contribution in [0.3, 0.4) is 0 Å². The van der Waals surface area contributed by atoms with Gasteiger partial charge in [0.25, 0.3) is 0 Å². The number of halogens is 1. The minimum absolute atomic E-state index is 0.110. The Balaban J connectivity index is 1.47. The Morgan fingerprint density at radius 2 is 1.72 bits per heavy atom. The van der Waals surface area contributed by atoms with Crippen LogP contribution in [0.5, 0.6) is 0 Å². The number of carbonyl (C=O) groups is 1. The van der Waals surface area contributed by atoms with Crippen molar-refractivity contribution in [3.63, 3.8) is 0 Å². The Bertz CT molecular complexity index is 1380. The first kappa shape index (κ1) is 24.6. The van der Waals surface area contributed by atoms with Crippen molar-refractivity contribution in [3.8, 4) is 17.2 Å². The van der Waals surface area contributed by atoms with Gasteiger partial charge in [-0.3, -0.25) is 4.79 Å². The molecule has 4 rings (SSSR count). The topological polar surface area (TPSA) is 90.7 Å². The van der Waals surface area contributed by atoms with Crippen molar-refractivity contribution >= 4 is 17.4 Å². The number of pyridine rings is 2. The van der Waals surface area contributed by atoms with Crippen LogP contribution in [0.1, 0.15) is 46.3 Å². The highest BCUT2D eigenvalue weighted by Gasteiger charge is 2.18. The molecular formula is C29H26FN5O. The molecule has 0 saturated carbocycles. The third kappa shape index (κ3) is 5.91. The standard InChI is InChI=1S/C29H26FN5O/c1-19(22-7-10-25(30)11-8-22)13-27(36)26-14-21(15-31)17-35-29(26)34-16-20-3-5-23(6-4-20)24-9-12-28(32-2)33-18-24/h3-12,14,17-19H,13,16H2,1-2H3,(H,32,33)(H,34,35)/t19-/m1/s1. The first-order valence-corrected chi connectivity index (χ1v) is 11.6. The van der Waals surface area contributed by atoms with Gasteiger partial charge in [-0.15, -0.1) is 0 Å². The zero-order valence-electron chi connectivity index (χ0n) is 20.1. The van der Waals surface area contributed by atoms with Crippen LogP contribution in [0.25, 0.3) is 11.1 Å². The summed E-state index contributed by atoms with van der Waals surface area (Å²) in [6, 6.07) is 21.8. The summed E-state index contributed by atoms with van der Waals surface area (Å²) < 4.78 is 13.3. The number of hydrogen-bond donors (Lipinski definition) is 2. The fraction of sp³-hybridized carbons (Fsp3) is 0.172. The molecule has 0 fully saturated rings. The summed E-state index contributed by atoms with van der Waals surface area (Å²) in [5.41, 5.74) is 4.65. The molecule has 180 valence electrons. The Hall–Kier alpha value is -4.57. The zero-order valence-corrected chi connectivity index (χ0v) is 20.1. The van der Waals surface area contributed by atoms with Crippen molar-refractivity contribution in [3.05, 3.63) is 107 Å². The molecule has 2 aromatic carbocycles. The average Bonchev–Trinajstić information content (AvgIpc) is 2.92. The van der Waals surface area contributed by atoms with Crippen LogP contribution in [0, 0.1) is 17.1 Å². The third-order valence-electron chi connectivity index (χ3n) is 6.01. The summed E-state index contributed by atoms with van der Waals surface area (Å²) in [4.78, 5) is 21.9. The van der Waals surface area contributed by atoms with Crippen LogP contribution in [0.15, 0.2) is 79.1 Å². The fourth-order valence-electron chi connectivity index (χ4n) is 3.89. The molecule has 0 saturated heterocycles. The quantitative estimate of drug-likeness (QED) is 0.278. The van der Waals surface area contributed by atoms with Crippen molar-refractivity contribution < 1.29 is 9.18 Å². The molecular weight excluding hydrogens is 453 g/mol. The highest BCUT2D eigenvalue weighted by molar-refractivity contribution is 6.01. The Labute approximate surface area is 209 Å². The molecule has 0 unspecified atom stereocenters. The molecule has 2 aromatic heterocycles. The van der Waals surface area contributed by atoms with Crippen molar-refractivity contribution in [2.75, 3.05) is 17.7 Å². The van der Waals surface area contributed by atoms with Gasteiger partial charge in [0.05, 0.1) is 11.1 Å². The van der Waals surface area contributed by atoms with Crippen molar-refractivity contribution in [2.45, 2.75) is 25.8 Å². The van der Waals surface area contributed by atoms with Gasteiger partial charge in [-0.05, 0) is 52.9 Å². The molecule has 0 aliphatic carbocycles. The Morgan fingerprint density at radius 1 is 1.00 bits per heavy atom. The van der Waals surface area contributed by atoms with E-state index in [9.17, 15) is 14.4 Å². The number of benzene rings is 2. The van der Waals surface area contributed by atoms with Crippen LogP contribution >= 0.6 is 0 Å². The van der Waals surface area contributed by atoms with E-state index >= 15 is 0 Å². The van der Waals surface area contributed by atoms with Gasteiger partial charge in [0.15, 0.2) is 5.78 Å². The number of aromatic nitrogens is 2. The Morgan fingerprint density at radius 3 is 2.36 bits per heavy atom. The first-order valence-electron chi connectivity index (χ1n) is 11.6. The van der Waals surface area contributed by atoms with Crippen LogP contribution in [0.2, 0.25) is 0 Å². The molecule has 36 heavy (non-hydrogen) atoms. The smallest absolute Gasteiger partial charge is 0.167 e. The summed E-state index contributed by atoms with van der Waals surface area (Å²) in [7, 11) is 1.83. The summed E-state index contributed by atoms with van der Waals surface area (Å²) in [5.74, 6) is 0.687. The van der Waals surface area contributed by atoms with E-state index in [1.807, 2.05) is 56.6 Å². The number of rotatable bonds is 9. The molecule has 0 radical (unpaired) electrons. The van der Waals surface area contributed by atoms with E-state index in [0.717, 1.165) is 28.1 Å². The van der Waals surface area contributed by atoms with Gasteiger partial charge in [0.2, 0.25) is 0 Å². The molecule has 2 heterocycles. The highest BCUT2D eigenvalue weighted by atomic mass is 19.1. The summed E-state index contributed by atoms with van der Waals surface area (Å²) in [6.45, 7) is 2.38. The molecule has 0 aliphatic heterocycles. The predicted molar refractivity (Wildman–Crippen MR) is 139 cm³/mol. The fourth-order valence-corrected chi connectivity index (χ4v) is 3.89. The van der Waals surface area contributed by atoms with Gasteiger partial charge in [0.1, 0.15) is 23.5 Å². The molecule has 0 amide bonds. The lowest BCUT2D eigenvalue weighted by molar-refractivity contribution is 0.0976. The zero-order chi connectivity index (χ0) is 25.5. The van der Waals surface area contributed by atoms with E-state index in [2.05, 4.69) is 26.7 Å². The van der Waals surface area contributed by atoms with E-state index < -0.39 is 0 Å². The number of hydrogen-bond acceptors (Lipinski definition) is 6. The molecule has 6 nitrogen and oxygen atoms in total. The third-order valence-corrected chi connectivity index (χ3v) is 6.01. The number of anilines is 2. The molecule has 2 N–H and O–H groups in total. The largest absolute Gasteiger partial charge is 0.373 e. The Kier molecular flexibility index (Phi) is 7.66. The van der Waals surface area contributed by atoms with Gasteiger partial charge >= 0.3 is 0 Å². The average molecular weight is 480 g/mol. The van der Waals surface area contributed by atoms with Crippen molar-refractivity contribution in [2.24, 2.45) is 0 Å². The molecule has 0 spiro atoms. The minimum atomic E-state index is -0.314. The van der Waals surface area contributed by atoms with Crippen LogP contribution in [-0.4, -0.2) is 22.8 Å². The maximum atomic E-state index is 13.3. The normalized spacial score (nSPS) is 11.4. The molecule has 4 aromatic rings. The van der Waals surface area contributed by atoms with Gasteiger partial charge in [-0.1, -0.05) is 43.3 Å². The second-order valence-corrected chi connectivity index (χ2v) is 8.54. The van der Waals surface area contributed by atoms with Crippen molar-refractivity contribution in [1.29, 1.82) is 5.26 Å². The maximum Gasteiger partial charge on any atom is 0.167 e. The number of Topliss-reactive ketones (excluding diaryl/α,β-unsaturated/α-hetero) is 1. The lowest BCUT2D eigenvalue weighted by Crippen LogP contribution is -2.11. The molecule has 0 aliphatic rings. The highest BCUT2D eigenvalue weighted by Crippen LogP contribution is 2.25. The summed E-state index contributed by atoms with van der Waals surface area (Å²) >= 11 is 0. The van der Waals surface area contributed by atoms with Gasteiger partial charge in [-0.25, -0.2) is 14.4 Å². The second-order valence-electron chi connectivity index (χ2n) is 8.54. The monoisotopic (exact) mass is 479 g/mol. The first-order chi connectivity index (χ1) is 17.5. The molecule has 7 heteroatoms. The van der Waals surface area contributed by atoms with Gasteiger partial charge in [-0.2, -0.15) is 5.26 Å². The van der Waals surface area contributed by atoms with E-state index in [-0.39, 0.29) is 23.9 Å². The van der Waals surface area contributed by atoms with Gasteiger partial charge in [0, 0.05) is 38.0 Å². The number of carbonyl (C=O) groups excluding carboxylic acids is 1. The SMILES string of the molecule is CNc1ccc(-c2ccc(CNc3ncc(C#N)cc3C(=O)C[C@@H](C)c3ccc(F)cc3)cc2)cn1. The van der Waals surface area contributed by atoms with E-state index in [4.69, 9.17) is 0 Å². The predicted octanol–water partition coefficient (Wildman–Crippen LogP) is 6.18. The van der Waals surface area contributed by atoms with Crippen LogP contribution < -0.4 is 10.6 Å². The summed E-state index contributed by atoms with van der Waals surface area (Å²) in [6.07, 6.45) is 3.49. The van der Waals surface area contributed by atoms with Crippen LogP contribution in [0.4, 0.5) is 16.0 Å².